The summed E-state index contributed by atoms with van der Waals surface area (Å²) in [5.41, 5.74) is 0.445. The van der Waals surface area contributed by atoms with E-state index < -0.39 is 11.9 Å². The first kappa shape index (κ1) is 16.0. The van der Waals surface area contributed by atoms with Crippen molar-refractivity contribution in [2.45, 2.75) is 4.90 Å². The van der Waals surface area contributed by atoms with Crippen LogP contribution < -0.4 is 5.32 Å². The molecule has 22 heavy (non-hydrogen) atoms. The standard InChI is InChI=1S/C16H14FNO3S/c17-12-6-8-13(9-7-12)18-15(19)10-21-16(20)11-22-14-4-2-1-3-5-14/h1-9H,10-11H2,(H,18,19). The number of halogens is 1. The Bertz CT molecular complexity index is 632. The third kappa shape index (κ3) is 5.57. The van der Waals surface area contributed by atoms with Crippen LogP contribution in [0.2, 0.25) is 0 Å². The Hall–Kier alpha value is -2.34. The first-order valence-electron chi connectivity index (χ1n) is 6.52. The van der Waals surface area contributed by atoms with Crippen molar-refractivity contribution in [2.75, 3.05) is 17.7 Å². The van der Waals surface area contributed by atoms with Crippen LogP contribution in [0.25, 0.3) is 0 Å². The first-order chi connectivity index (χ1) is 10.6. The van der Waals surface area contributed by atoms with Crippen molar-refractivity contribution >= 4 is 29.3 Å². The maximum Gasteiger partial charge on any atom is 0.316 e. The molecule has 0 aliphatic carbocycles. The van der Waals surface area contributed by atoms with Gasteiger partial charge in [0.05, 0.1) is 5.75 Å². The van der Waals surface area contributed by atoms with Crippen molar-refractivity contribution in [3.8, 4) is 0 Å². The summed E-state index contributed by atoms with van der Waals surface area (Å²) in [6.07, 6.45) is 0. The van der Waals surface area contributed by atoms with Gasteiger partial charge in [-0.05, 0) is 36.4 Å². The molecule has 0 radical (unpaired) electrons. The topological polar surface area (TPSA) is 55.4 Å². The van der Waals surface area contributed by atoms with Gasteiger partial charge in [-0.2, -0.15) is 0 Å². The average Bonchev–Trinajstić information content (AvgIpc) is 2.54. The minimum absolute atomic E-state index is 0.133. The fraction of sp³-hybridized carbons (Fsp3) is 0.125. The maximum atomic E-state index is 12.7. The van der Waals surface area contributed by atoms with E-state index in [0.717, 1.165) is 4.90 Å². The van der Waals surface area contributed by atoms with E-state index in [1.54, 1.807) is 0 Å². The van der Waals surface area contributed by atoms with Crippen LogP contribution in [0.5, 0.6) is 0 Å². The van der Waals surface area contributed by atoms with Crippen molar-refractivity contribution in [2.24, 2.45) is 0 Å². The van der Waals surface area contributed by atoms with Crippen molar-refractivity contribution in [1.82, 2.24) is 0 Å². The number of hydrogen-bond donors (Lipinski definition) is 1. The van der Waals surface area contributed by atoms with Gasteiger partial charge in [-0.3, -0.25) is 9.59 Å². The Morgan fingerprint density at radius 1 is 1.05 bits per heavy atom. The molecule has 2 aromatic carbocycles. The summed E-state index contributed by atoms with van der Waals surface area (Å²) >= 11 is 1.34. The Kier molecular flexibility index (Phi) is 5.97. The molecule has 0 bridgehead atoms. The maximum absolute atomic E-state index is 12.7. The zero-order valence-electron chi connectivity index (χ0n) is 11.6. The van der Waals surface area contributed by atoms with E-state index in [9.17, 15) is 14.0 Å². The molecule has 0 unspecified atom stereocenters. The zero-order valence-corrected chi connectivity index (χ0v) is 12.4. The van der Waals surface area contributed by atoms with Crippen LogP contribution in [-0.2, 0) is 14.3 Å². The summed E-state index contributed by atoms with van der Waals surface area (Å²) in [5, 5.41) is 2.51. The average molecular weight is 319 g/mol. The van der Waals surface area contributed by atoms with Crippen LogP contribution in [0.15, 0.2) is 59.5 Å². The SMILES string of the molecule is O=C(COC(=O)CSc1ccccc1)Nc1ccc(F)cc1. The van der Waals surface area contributed by atoms with Gasteiger partial charge in [-0.25, -0.2) is 4.39 Å². The molecule has 0 aliphatic rings. The van der Waals surface area contributed by atoms with Gasteiger partial charge in [-0.1, -0.05) is 18.2 Å². The molecule has 6 heteroatoms. The molecule has 1 N–H and O–H groups in total. The summed E-state index contributed by atoms with van der Waals surface area (Å²) in [5.74, 6) is -1.19. The Morgan fingerprint density at radius 2 is 1.73 bits per heavy atom. The molecule has 0 atom stereocenters. The molecule has 0 heterocycles. The number of benzene rings is 2. The molecule has 0 aromatic heterocycles. The molecular formula is C16H14FNO3S. The van der Waals surface area contributed by atoms with Crippen molar-refractivity contribution < 1.29 is 18.7 Å². The number of carbonyl (C=O) groups excluding carboxylic acids is 2. The van der Waals surface area contributed by atoms with Crippen LogP contribution in [0, 0.1) is 5.82 Å². The monoisotopic (exact) mass is 319 g/mol. The number of ether oxygens (including phenoxy) is 1. The summed E-state index contributed by atoms with van der Waals surface area (Å²) < 4.78 is 17.6. The summed E-state index contributed by atoms with van der Waals surface area (Å²) in [6.45, 7) is -0.369. The van der Waals surface area contributed by atoms with Gasteiger partial charge in [-0.15, -0.1) is 11.8 Å². The minimum Gasteiger partial charge on any atom is -0.455 e. The normalized spacial score (nSPS) is 10.0. The quantitative estimate of drug-likeness (QED) is 0.656. The number of rotatable bonds is 6. The predicted octanol–water partition coefficient (Wildman–Crippen LogP) is 3.10. The third-order valence-corrected chi connectivity index (χ3v) is 3.58. The van der Waals surface area contributed by atoms with Gasteiger partial charge in [0.2, 0.25) is 0 Å². The smallest absolute Gasteiger partial charge is 0.316 e. The number of anilines is 1. The van der Waals surface area contributed by atoms with E-state index in [4.69, 9.17) is 4.74 Å². The van der Waals surface area contributed by atoms with Crippen molar-refractivity contribution in [3.05, 3.63) is 60.4 Å². The van der Waals surface area contributed by atoms with Crippen LogP contribution in [0.4, 0.5) is 10.1 Å². The highest BCUT2D eigenvalue weighted by atomic mass is 32.2. The lowest BCUT2D eigenvalue weighted by Gasteiger charge is -2.06. The second-order valence-electron chi connectivity index (χ2n) is 4.32. The van der Waals surface area contributed by atoms with Gasteiger partial charge >= 0.3 is 5.97 Å². The number of thioether (sulfide) groups is 1. The summed E-state index contributed by atoms with van der Waals surface area (Å²) in [6, 6.07) is 14.8. The lowest BCUT2D eigenvalue weighted by atomic mass is 10.3. The first-order valence-corrected chi connectivity index (χ1v) is 7.51. The highest BCUT2D eigenvalue weighted by Crippen LogP contribution is 2.16. The van der Waals surface area contributed by atoms with E-state index in [2.05, 4.69) is 5.32 Å². The van der Waals surface area contributed by atoms with Crippen molar-refractivity contribution in [1.29, 1.82) is 0 Å². The second-order valence-corrected chi connectivity index (χ2v) is 5.37. The van der Waals surface area contributed by atoms with E-state index in [1.807, 2.05) is 30.3 Å². The molecule has 0 saturated carbocycles. The zero-order chi connectivity index (χ0) is 15.8. The molecule has 0 saturated heterocycles. The fourth-order valence-corrected chi connectivity index (χ4v) is 2.29. The molecule has 4 nitrogen and oxygen atoms in total. The van der Waals surface area contributed by atoms with Crippen LogP contribution in [0.3, 0.4) is 0 Å². The Morgan fingerprint density at radius 3 is 2.41 bits per heavy atom. The van der Waals surface area contributed by atoms with Crippen LogP contribution in [0.1, 0.15) is 0 Å². The van der Waals surface area contributed by atoms with Gasteiger partial charge < -0.3 is 10.1 Å². The van der Waals surface area contributed by atoms with Gasteiger partial charge in [0, 0.05) is 10.6 Å². The van der Waals surface area contributed by atoms with E-state index >= 15 is 0 Å². The molecule has 2 rings (SSSR count). The van der Waals surface area contributed by atoms with E-state index in [1.165, 1.54) is 36.0 Å². The lowest BCUT2D eigenvalue weighted by molar-refractivity contribution is -0.144. The second kappa shape index (κ2) is 8.19. The Balaban J connectivity index is 1.69. The third-order valence-electron chi connectivity index (χ3n) is 2.59. The molecule has 0 spiro atoms. The molecule has 0 aliphatic heterocycles. The molecule has 2 aromatic rings. The van der Waals surface area contributed by atoms with E-state index in [-0.39, 0.29) is 18.2 Å². The molecule has 0 fully saturated rings. The van der Waals surface area contributed by atoms with E-state index in [0.29, 0.717) is 5.69 Å². The molecule has 1 amide bonds. The van der Waals surface area contributed by atoms with Gasteiger partial charge in [0.15, 0.2) is 6.61 Å². The van der Waals surface area contributed by atoms with Crippen molar-refractivity contribution in [3.63, 3.8) is 0 Å². The minimum atomic E-state index is -0.469. The van der Waals surface area contributed by atoms with Crippen LogP contribution >= 0.6 is 11.8 Å². The van der Waals surface area contributed by atoms with Crippen LogP contribution in [-0.4, -0.2) is 24.2 Å². The number of nitrogens with one attached hydrogen (secondary N) is 1. The number of esters is 1. The number of carbonyl (C=O) groups is 2. The molecule has 114 valence electrons. The molecular weight excluding hydrogens is 305 g/mol. The predicted molar refractivity (Wildman–Crippen MR) is 83.2 cm³/mol. The number of amides is 1. The van der Waals surface area contributed by atoms with Gasteiger partial charge in [0.1, 0.15) is 5.82 Å². The largest absolute Gasteiger partial charge is 0.455 e. The van der Waals surface area contributed by atoms with Gasteiger partial charge in [0.25, 0.3) is 5.91 Å². The number of hydrogen-bond acceptors (Lipinski definition) is 4. The fourth-order valence-electron chi connectivity index (χ4n) is 1.58. The Labute approximate surface area is 131 Å². The lowest BCUT2D eigenvalue weighted by Crippen LogP contribution is -2.21. The summed E-state index contributed by atoms with van der Waals surface area (Å²) in [7, 11) is 0. The highest BCUT2D eigenvalue weighted by Gasteiger charge is 2.08. The highest BCUT2D eigenvalue weighted by molar-refractivity contribution is 8.00. The summed E-state index contributed by atoms with van der Waals surface area (Å²) in [4.78, 5) is 24.1.